The molecule has 47 heavy (non-hydrogen) atoms. The Balaban J connectivity index is 1.74. The number of halogens is 3. The van der Waals surface area contributed by atoms with Crippen molar-refractivity contribution < 1.29 is 27.9 Å². The SMILES string of the molecule is Cc1cc(C)c(-c2cc(C)c(F)c([C@H](CC(=O)O)NC(=O)[C@H](CC(C)C)n3cc(CCN4CC(C)(F)C4)c(C)nc3=O)c2F)c(C)c1. The smallest absolute Gasteiger partial charge is 0.348 e. The van der Waals surface area contributed by atoms with Crippen LogP contribution in [0.3, 0.4) is 0 Å². The van der Waals surface area contributed by atoms with Crippen LogP contribution in [0.4, 0.5) is 13.2 Å². The largest absolute Gasteiger partial charge is 0.481 e. The van der Waals surface area contributed by atoms with Gasteiger partial charge in [0.2, 0.25) is 5.91 Å². The average Bonchev–Trinajstić information content (AvgIpc) is 2.92. The van der Waals surface area contributed by atoms with Gasteiger partial charge in [-0.15, -0.1) is 0 Å². The molecule has 2 atom stereocenters. The fraction of sp³-hybridized carbons (Fsp3) is 0.500. The van der Waals surface area contributed by atoms with E-state index in [0.29, 0.717) is 42.9 Å². The molecule has 0 saturated carbocycles. The third kappa shape index (κ3) is 8.12. The number of aromatic nitrogens is 2. The number of carboxylic acids is 1. The number of carbonyl (C=O) groups is 2. The summed E-state index contributed by atoms with van der Waals surface area (Å²) in [7, 11) is 0. The van der Waals surface area contributed by atoms with Crippen LogP contribution in [0.5, 0.6) is 0 Å². The zero-order chi connectivity index (χ0) is 35.0. The number of alkyl halides is 1. The van der Waals surface area contributed by atoms with Crippen molar-refractivity contribution in [1.82, 2.24) is 19.8 Å². The van der Waals surface area contributed by atoms with Crippen LogP contribution in [-0.4, -0.2) is 56.7 Å². The van der Waals surface area contributed by atoms with E-state index in [9.17, 15) is 23.9 Å². The molecule has 8 nitrogen and oxygen atoms in total. The Morgan fingerprint density at radius 3 is 2.19 bits per heavy atom. The van der Waals surface area contributed by atoms with Crippen molar-refractivity contribution in [1.29, 1.82) is 0 Å². The molecule has 0 bridgehead atoms. The molecular formula is C36H45F3N4O4. The van der Waals surface area contributed by atoms with E-state index in [-0.39, 0.29) is 23.5 Å². The van der Waals surface area contributed by atoms with Crippen molar-refractivity contribution in [3.8, 4) is 11.1 Å². The first-order chi connectivity index (χ1) is 21.9. The number of aliphatic carboxylic acids is 1. The molecule has 254 valence electrons. The summed E-state index contributed by atoms with van der Waals surface area (Å²) in [5.74, 6) is -4.12. The highest BCUT2D eigenvalue weighted by atomic mass is 19.1. The second-order valence-corrected chi connectivity index (χ2v) is 13.8. The number of hydrogen-bond donors (Lipinski definition) is 2. The van der Waals surface area contributed by atoms with E-state index in [1.54, 1.807) is 20.0 Å². The number of nitrogens with one attached hydrogen (secondary N) is 1. The van der Waals surface area contributed by atoms with Crippen LogP contribution in [0.25, 0.3) is 11.1 Å². The summed E-state index contributed by atoms with van der Waals surface area (Å²) in [6.07, 6.45) is 1.41. The Labute approximate surface area is 274 Å². The van der Waals surface area contributed by atoms with Gasteiger partial charge in [0, 0.05) is 42.7 Å². The fourth-order valence-corrected chi connectivity index (χ4v) is 6.73. The number of aryl methyl sites for hydroxylation is 5. The zero-order valence-corrected chi connectivity index (χ0v) is 28.4. The van der Waals surface area contributed by atoms with Crippen molar-refractivity contribution in [2.75, 3.05) is 19.6 Å². The lowest BCUT2D eigenvalue weighted by atomic mass is 9.88. The Morgan fingerprint density at radius 1 is 1.02 bits per heavy atom. The van der Waals surface area contributed by atoms with Gasteiger partial charge >= 0.3 is 11.7 Å². The van der Waals surface area contributed by atoms with Crippen LogP contribution < -0.4 is 11.0 Å². The molecule has 1 amide bonds. The number of rotatable bonds is 12. The number of carbonyl (C=O) groups excluding carboxylic acids is 1. The van der Waals surface area contributed by atoms with Gasteiger partial charge in [-0.1, -0.05) is 31.5 Å². The average molecular weight is 655 g/mol. The second kappa shape index (κ2) is 14.0. The molecule has 0 radical (unpaired) electrons. The molecule has 2 aromatic carbocycles. The molecule has 2 heterocycles. The van der Waals surface area contributed by atoms with E-state index in [2.05, 4.69) is 10.3 Å². The predicted molar refractivity (Wildman–Crippen MR) is 175 cm³/mol. The van der Waals surface area contributed by atoms with Crippen LogP contribution in [0.15, 0.2) is 29.2 Å². The zero-order valence-electron chi connectivity index (χ0n) is 28.4. The first-order valence-electron chi connectivity index (χ1n) is 16.0. The third-order valence-electron chi connectivity index (χ3n) is 8.79. The third-order valence-corrected chi connectivity index (χ3v) is 8.79. The van der Waals surface area contributed by atoms with Gasteiger partial charge in [0.15, 0.2) is 0 Å². The highest BCUT2D eigenvalue weighted by molar-refractivity contribution is 5.82. The van der Waals surface area contributed by atoms with E-state index < -0.39 is 58.9 Å². The minimum absolute atomic E-state index is 0.0878. The molecule has 0 aliphatic carbocycles. The van der Waals surface area contributed by atoms with Crippen LogP contribution in [0.2, 0.25) is 0 Å². The monoisotopic (exact) mass is 654 g/mol. The lowest BCUT2D eigenvalue weighted by Crippen LogP contribution is -2.57. The molecule has 0 unspecified atom stereocenters. The highest BCUT2D eigenvalue weighted by Gasteiger charge is 2.38. The minimum atomic E-state index is -1.57. The van der Waals surface area contributed by atoms with E-state index in [4.69, 9.17) is 0 Å². The van der Waals surface area contributed by atoms with Gasteiger partial charge in [-0.2, -0.15) is 4.98 Å². The molecule has 4 rings (SSSR count). The van der Waals surface area contributed by atoms with Crippen molar-refractivity contribution in [3.63, 3.8) is 0 Å². The van der Waals surface area contributed by atoms with Gasteiger partial charge in [0.05, 0.1) is 12.5 Å². The maximum atomic E-state index is 16.5. The summed E-state index contributed by atoms with van der Waals surface area (Å²) in [5.41, 5.74) is 2.00. The summed E-state index contributed by atoms with van der Waals surface area (Å²) in [6, 6.07) is 2.45. The number of amides is 1. The fourth-order valence-electron chi connectivity index (χ4n) is 6.73. The summed E-state index contributed by atoms with van der Waals surface area (Å²) in [5, 5.41) is 12.4. The molecule has 1 fully saturated rings. The van der Waals surface area contributed by atoms with Gasteiger partial charge < -0.3 is 10.4 Å². The summed E-state index contributed by atoms with van der Waals surface area (Å²) >= 11 is 0. The highest BCUT2D eigenvalue weighted by Crippen LogP contribution is 2.37. The lowest BCUT2D eigenvalue weighted by molar-refractivity contribution is -0.138. The van der Waals surface area contributed by atoms with Crippen LogP contribution >= 0.6 is 0 Å². The Morgan fingerprint density at radius 2 is 1.64 bits per heavy atom. The molecule has 1 aliphatic rings. The minimum Gasteiger partial charge on any atom is -0.481 e. The molecule has 1 aromatic heterocycles. The molecule has 0 spiro atoms. The van der Waals surface area contributed by atoms with Crippen LogP contribution in [0.1, 0.15) is 84.8 Å². The first kappa shape index (κ1) is 35.9. The maximum Gasteiger partial charge on any atom is 0.348 e. The van der Waals surface area contributed by atoms with E-state index in [1.807, 2.05) is 51.7 Å². The summed E-state index contributed by atoms with van der Waals surface area (Å²) < 4.78 is 47.5. The van der Waals surface area contributed by atoms with Gasteiger partial charge in [0.25, 0.3) is 0 Å². The predicted octanol–water partition coefficient (Wildman–Crippen LogP) is 6.24. The van der Waals surface area contributed by atoms with Crippen molar-refractivity contribution in [2.45, 2.75) is 92.4 Å². The lowest BCUT2D eigenvalue weighted by Gasteiger charge is -2.42. The number of hydrogen-bond acceptors (Lipinski definition) is 5. The topological polar surface area (TPSA) is 105 Å². The van der Waals surface area contributed by atoms with Crippen molar-refractivity contribution in [3.05, 3.63) is 85.6 Å². The normalized spacial score (nSPS) is 15.7. The molecule has 3 aromatic rings. The van der Waals surface area contributed by atoms with Crippen molar-refractivity contribution in [2.24, 2.45) is 5.92 Å². The number of nitrogens with zero attached hydrogens (tertiary/aromatic N) is 3. The van der Waals surface area contributed by atoms with Gasteiger partial charge in [-0.3, -0.25) is 19.1 Å². The Kier molecular flexibility index (Phi) is 10.7. The Hall–Kier alpha value is -3.99. The molecule has 11 heteroatoms. The standard InChI is InChI=1S/C36H45F3N4O4/c1-19(2)11-28(43-16-25(24(7)40-35(43)47)9-10-42-17-36(8,39)18-42)34(46)41-27(15-29(44)45)31-32(37)23(6)14-26(33(31)38)30-21(4)12-20(3)13-22(30)5/h12-14,16,19,27-28H,9-11,15,17-18H2,1-8H3,(H,41,46)(H,44,45)/t27-,28-/m0/s1. The summed E-state index contributed by atoms with van der Waals surface area (Å²) in [6.45, 7) is 15.1. The van der Waals surface area contributed by atoms with E-state index >= 15 is 8.78 Å². The maximum absolute atomic E-state index is 16.5. The number of benzene rings is 2. The van der Waals surface area contributed by atoms with Crippen LogP contribution in [-0.2, 0) is 16.0 Å². The van der Waals surface area contributed by atoms with Gasteiger partial charge in [-0.25, -0.2) is 18.0 Å². The first-order valence-corrected chi connectivity index (χ1v) is 16.0. The quantitative estimate of drug-likeness (QED) is 0.240. The molecule has 1 saturated heterocycles. The molecule has 1 aliphatic heterocycles. The van der Waals surface area contributed by atoms with Gasteiger partial charge in [-0.05, 0) is 94.2 Å². The van der Waals surface area contributed by atoms with E-state index in [0.717, 1.165) is 16.7 Å². The number of likely N-dealkylation sites (tertiary alicyclic amines) is 1. The second-order valence-electron chi connectivity index (χ2n) is 13.8. The van der Waals surface area contributed by atoms with Crippen LogP contribution in [0, 0.1) is 52.2 Å². The molecule has 2 N–H and O–H groups in total. The Bertz CT molecular complexity index is 1720. The van der Waals surface area contributed by atoms with Crippen molar-refractivity contribution >= 4 is 11.9 Å². The molecular weight excluding hydrogens is 609 g/mol. The van der Waals surface area contributed by atoms with Gasteiger partial charge in [0.1, 0.15) is 23.3 Å². The van der Waals surface area contributed by atoms with E-state index in [1.165, 1.54) is 17.6 Å². The summed E-state index contributed by atoms with van der Waals surface area (Å²) in [4.78, 5) is 45.3. The number of carboxylic acid groups (broad SMARTS) is 1.